The summed E-state index contributed by atoms with van der Waals surface area (Å²) in [6, 6.07) is 9.87. The van der Waals surface area contributed by atoms with E-state index in [0.717, 1.165) is 12.8 Å². The van der Waals surface area contributed by atoms with Crippen molar-refractivity contribution >= 4 is 12.1 Å². The Morgan fingerprint density at radius 1 is 0.794 bits per heavy atom. The van der Waals surface area contributed by atoms with E-state index >= 15 is 0 Å². The third-order valence-corrected chi connectivity index (χ3v) is 10.5. The van der Waals surface area contributed by atoms with Gasteiger partial charge in [0.25, 0.3) is 0 Å². The second kappa shape index (κ2) is 8.66. The minimum atomic E-state index is -0.838. The van der Waals surface area contributed by atoms with Gasteiger partial charge in [-0.2, -0.15) is 0 Å². The average Bonchev–Trinajstić information content (AvgIpc) is 3.30. The van der Waals surface area contributed by atoms with Crippen LogP contribution in [0.5, 0.6) is 0 Å². The molecule has 0 saturated heterocycles. The fraction of sp³-hybridized carbons (Fsp3) is 0.485. The van der Waals surface area contributed by atoms with E-state index in [0.29, 0.717) is 0 Å². The topological polar surface area (TPSA) is 0 Å². The average molecular weight is 531 g/mol. The van der Waals surface area contributed by atoms with Crippen LogP contribution >= 0.6 is 0 Å². The predicted octanol–water partition coefficient (Wildman–Crippen LogP) is 8.53. The van der Waals surface area contributed by atoms with Crippen molar-refractivity contribution in [1.82, 2.24) is 0 Å². The Labute approximate surface area is 220 Å². The van der Waals surface area contributed by atoms with Crippen LogP contribution in [0.15, 0.2) is 42.0 Å². The Balaban J connectivity index is 2.03. The molecule has 0 bridgehead atoms. The van der Waals surface area contributed by atoms with Crippen LogP contribution in [0.4, 0.5) is 0 Å². The molecule has 0 atom stereocenters. The molecular weight excluding hydrogens is 488 g/mol. The van der Waals surface area contributed by atoms with Gasteiger partial charge in [0, 0.05) is 0 Å². The molecular formula is C33H43Zr. The second-order valence-electron chi connectivity index (χ2n) is 13.7. The van der Waals surface area contributed by atoms with E-state index in [2.05, 4.69) is 113 Å². The van der Waals surface area contributed by atoms with Gasteiger partial charge in [-0.05, 0) is 0 Å². The standard InChI is InChI=1S/C30H37.C3H6.Zr/c1-28(2,3)22-12-11-20(15-22)26-16-21-14-19-10-13-23(29(4,5)6)17-24(19)25(21)18-27(26)30(7,8)9;1-3-2;/h10,12-13,15,17-18H,11,14H2,1-9H3;1-2H3;. The SMILES string of the molecule is C[C](C)=[Zr][c]1c2c(cc(C(C)(C)C)c1C1=CC(C(C)(C)C)=CC1)-c1cc(C(C)(C)C)ccc1C2. The molecule has 34 heavy (non-hydrogen) atoms. The third-order valence-electron chi connectivity index (χ3n) is 7.31. The summed E-state index contributed by atoms with van der Waals surface area (Å²) in [6.45, 7) is 26.0. The minimum absolute atomic E-state index is 0.107. The van der Waals surface area contributed by atoms with E-state index in [1.807, 2.05) is 0 Å². The van der Waals surface area contributed by atoms with Gasteiger partial charge < -0.3 is 0 Å². The van der Waals surface area contributed by atoms with Gasteiger partial charge in [0.15, 0.2) is 0 Å². The Morgan fingerprint density at radius 3 is 2.00 bits per heavy atom. The zero-order chi connectivity index (χ0) is 25.2. The molecule has 4 rings (SSSR count). The van der Waals surface area contributed by atoms with Crippen LogP contribution in [0.2, 0.25) is 0 Å². The van der Waals surface area contributed by atoms with Crippen molar-refractivity contribution in [2.75, 3.05) is 0 Å². The molecule has 0 saturated carbocycles. The van der Waals surface area contributed by atoms with Crippen molar-refractivity contribution < 1.29 is 22.8 Å². The first-order valence-corrected chi connectivity index (χ1v) is 15.4. The van der Waals surface area contributed by atoms with Crippen molar-refractivity contribution in [3.8, 4) is 11.1 Å². The van der Waals surface area contributed by atoms with Crippen LogP contribution in [0, 0.1) is 5.41 Å². The third kappa shape index (κ3) is 4.84. The van der Waals surface area contributed by atoms with Gasteiger partial charge in [0.1, 0.15) is 0 Å². The number of fused-ring (bicyclic) bond motifs is 3. The first-order valence-electron chi connectivity index (χ1n) is 12.9. The predicted molar refractivity (Wildman–Crippen MR) is 148 cm³/mol. The Kier molecular flexibility index (Phi) is 6.56. The molecule has 179 valence electrons. The Hall–Kier alpha value is -1.33. The molecule has 0 spiro atoms. The molecule has 2 aromatic rings. The molecule has 0 heterocycles. The van der Waals surface area contributed by atoms with E-state index in [4.69, 9.17) is 0 Å². The van der Waals surface area contributed by atoms with Crippen molar-refractivity contribution in [3.63, 3.8) is 0 Å². The van der Waals surface area contributed by atoms with Crippen molar-refractivity contribution in [2.45, 2.75) is 99.8 Å². The normalized spacial score (nSPS) is 15.5. The molecule has 0 fully saturated rings. The van der Waals surface area contributed by atoms with Gasteiger partial charge in [-0.3, -0.25) is 0 Å². The quantitative estimate of drug-likeness (QED) is 0.311. The van der Waals surface area contributed by atoms with Crippen LogP contribution in [0.1, 0.15) is 110 Å². The summed E-state index contributed by atoms with van der Waals surface area (Å²) in [5.74, 6) is 0. The molecule has 0 unspecified atom stereocenters. The van der Waals surface area contributed by atoms with Crippen LogP contribution in [-0.4, -0.2) is 3.21 Å². The summed E-state index contributed by atoms with van der Waals surface area (Å²) in [5.41, 5.74) is 14.3. The van der Waals surface area contributed by atoms with Crippen molar-refractivity contribution in [2.24, 2.45) is 5.41 Å². The summed E-state index contributed by atoms with van der Waals surface area (Å²) in [6.07, 6.45) is 7.19. The van der Waals surface area contributed by atoms with Crippen LogP contribution < -0.4 is 3.27 Å². The number of hydrogen-bond donors (Lipinski definition) is 0. The summed E-state index contributed by atoms with van der Waals surface area (Å²) in [4.78, 5) is 0. The van der Waals surface area contributed by atoms with E-state index in [1.54, 1.807) is 28.7 Å². The van der Waals surface area contributed by atoms with E-state index < -0.39 is 22.8 Å². The van der Waals surface area contributed by atoms with Crippen molar-refractivity contribution in [3.05, 3.63) is 69.8 Å². The monoisotopic (exact) mass is 529 g/mol. The molecule has 0 N–H and O–H groups in total. The van der Waals surface area contributed by atoms with E-state index in [9.17, 15) is 0 Å². The number of allylic oxidation sites excluding steroid dienone is 4. The molecule has 0 radical (unpaired) electrons. The molecule has 0 amide bonds. The van der Waals surface area contributed by atoms with Gasteiger partial charge >= 0.3 is 221 Å². The van der Waals surface area contributed by atoms with Gasteiger partial charge in [-0.1, -0.05) is 0 Å². The fourth-order valence-corrected chi connectivity index (χ4v) is 8.50. The number of hydrogen-bond acceptors (Lipinski definition) is 0. The molecule has 2 aromatic carbocycles. The first-order chi connectivity index (χ1) is 15.6. The van der Waals surface area contributed by atoms with Crippen LogP contribution in [-0.2, 0) is 40.0 Å². The van der Waals surface area contributed by atoms with E-state index in [-0.39, 0.29) is 16.2 Å². The molecule has 0 nitrogen and oxygen atoms in total. The first kappa shape index (κ1) is 25.8. The molecule has 2 aliphatic carbocycles. The molecule has 0 aliphatic heterocycles. The summed E-state index contributed by atoms with van der Waals surface area (Å²) in [7, 11) is 0. The Morgan fingerprint density at radius 2 is 1.47 bits per heavy atom. The molecule has 2 aliphatic rings. The van der Waals surface area contributed by atoms with E-state index in [1.165, 1.54) is 27.8 Å². The summed E-state index contributed by atoms with van der Waals surface area (Å²) < 4.78 is 3.40. The molecule has 0 aromatic heterocycles. The zero-order valence-corrected chi connectivity index (χ0v) is 25.8. The number of rotatable bonds is 2. The summed E-state index contributed by atoms with van der Waals surface area (Å²) >= 11 is -0.838. The second-order valence-corrected chi connectivity index (χ2v) is 18.0. The maximum atomic E-state index is 2.59. The maximum absolute atomic E-state index is 2.59. The van der Waals surface area contributed by atoms with Crippen molar-refractivity contribution in [1.29, 1.82) is 0 Å². The van der Waals surface area contributed by atoms with Crippen LogP contribution in [0.25, 0.3) is 16.7 Å². The fourth-order valence-electron chi connectivity index (χ4n) is 5.32. The molecule has 1 heteroatoms. The van der Waals surface area contributed by atoms with Crippen LogP contribution in [0.3, 0.4) is 0 Å². The zero-order valence-electron chi connectivity index (χ0n) is 23.4. The van der Waals surface area contributed by atoms with Gasteiger partial charge in [0.05, 0.1) is 0 Å². The van der Waals surface area contributed by atoms with Gasteiger partial charge in [0.2, 0.25) is 0 Å². The van der Waals surface area contributed by atoms with Gasteiger partial charge in [-0.15, -0.1) is 0 Å². The summed E-state index contributed by atoms with van der Waals surface area (Å²) in [5, 5.41) is 0. The number of benzene rings is 2. The Bertz CT molecular complexity index is 1240. The van der Waals surface area contributed by atoms with Gasteiger partial charge in [-0.25, -0.2) is 0 Å².